The third kappa shape index (κ3) is 5.32. The lowest BCUT2D eigenvalue weighted by molar-refractivity contribution is -0.113. The molecule has 1 N–H and O–H groups in total. The molecule has 0 aliphatic rings. The molecule has 8 nitrogen and oxygen atoms in total. The van der Waals surface area contributed by atoms with Crippen LogP contribution in [0.15, 0.2) is 23.4 Å². The molecular weight excluding hydrogens is 431 g/mol. The molecular formula is C15H14Cl2N6O2S2. The first-order chi connectivity index (χ1) is 12.9. The predicted molar refractivity (Wildman–Crippen MR) is 106 cm³/mol. The molecule has 142 valence electrons. The Bertz CT molecular complexity index is 962. The molecule has 2 heterocycles. The van der Waals surface area contributed by atoms with Gasteiger partial charge in [0.2, 0.25) is 11.0 Å². The number of aromatic nitrogens is 5. The summed E-state index contributed by atoms with van der Waals surface area (Å²) in [7, 11) is 1.80. The maximum absolute atomic E-state index is 12.0. The van der Waals surface area contributed by atoms with E-state index in [1.165, 1.54) is 23.1 Å². The number of benzene rings is 1. The van der Waals surface area contributed by atoms with Crippen molar-refractivity contribution in [3.63, 3.8) is 0 Å². The summed E-state index contributed by atoms with van der Waals surface area (Å²) in [5, 5.41) is 21.4. The van der Waals surface area contributed by atoms with Crippen molar-refractivity contribution in [3.8, 4) is 5.75 Å². The van der Waals surface area contributed by atoms with Gasteiger partial charge in [0.15, 0.2) is 11.0 Å². The number of hydrogen-bond donors (Lipinski definition) is 1. The van der Waals surface area contributed by atoms with E-state index in [0.717, 1.165) is 5.01 Å². The maximum Gasteiger partial charge on any atom is 0.236 e. The number of amides is 1. The highest BCUT2D eigenvalue weighted by atomic mass is 35.5. The van der Waals surface area contributed by atoms with Crippen molar-refractivity contribution in [2.45, 2.75) is 18.7 Å². The summed E-state index contributed by atoms with van der Waals surface area (Å²) in [5.74, 6) is 1.04. The predicted octanol–water partition coefficient (Wildman–Crippen LogP) is 3.59. The number of halogens is 2. The Labute approximate surface area is 173 Å². The van der Waals surface area contributed by atoms with Crippen molar-refractivity contribution in [1.29, 1.82) is 0 Å². The normalized spacial score (nSPS) is 10.8. The van der Waals surface area contributed by atoms with Crippen molar-refractivity contribution >= 4 is 57.3 Å². The number of nitrogens with zero attached hydrogens (tertiary/aromatic N) is 5. The van der Waals surface area contributed by atoms with E-state index in [-0.39, 0.29) is 18.3 Å². The van der Waals surface area contributed by atoms with Gasteiger partial charge in [-0.05, 0) is 19.1 Å². The molecule has 3 aromatic rings. The Kier molecular flexibility index (Phi) is 6.53. The van der Waals surface area contributed by atoms with Gasteiger partial charge in [-0.25, -0.2) is 0 Å². The zero-order valence-corrected chi connectivity index (χ0v) is 17.4. The minimum Gasteiger partial charge on any atom is -0.484 e. The number of carbonyl (C=O) groups excluding carboxylic acids is 1. The molecule has 3 rings (SSSR count). The van der Waals surface area contributed by atoms with Gasteiger partial charge in [-0.15, -0.1) is 20.4 Å². The van der Waals surface area contributed by atoms with Gasteiger partial charge < -0.3 is 9.30 Å². The van der Waals surface area contributed by atoms with Gasteiger partial charge in [-0.3, -0.25) is 10.1 Å². The zero-order chi connectivity index (χ0) is 19.4. The smallest absolute Gasteiger partial charge is 0.236 e. The van der Waals surface area contributed by atoms with Crippen LogP contribution >= 0.6 is 46.3 Å². The Morgan fingerprint density at radius 1 is 1.30 bits per heavy atom. The largest absolute Gasteiger partial charge is 0.484 e. The van der Waals surface area contributed by atoms with E-state index in [2.05, 4.69) is 25.7 Å². The first kappa shape index (κ1) is 19.9. The number of aryl methyl sites for hydroxylation is 1. The molecule has 2 aromatic heterocycles. The summed E-state index contributed by atoms with van der Waals surface area (Å²) in [6.07, 6.45) is 0. The van der Waals surface area contributed by atoms with E-state index in [4.69, 9.17) is 27.9 Å². The summed E-state index contributed by atoms with van der Waals surface area (Å²) >= 11 is 14.6. The second-order valence-electron chi connectivity index (χ2n) is 5.28. The van der Waals surface area contributed by atoms with Gasteiger partial charge in [-0.2, -0.15) is 0 Å². The van der Waals surface area contributed by atoms with E-state index in [9.17, 15) is 4.79 Å². The number of anilines is 1. The lowest BCUT2D eigenvalue weighted by Crippen LogP contribution is -2.14. The Balaban J connectivity index is 1.55. The molecule has 0 bridgehead atoms. The molecule has 0 atom stereocenters. The van der Waals surface area contributed by atoms with Crippen LogP contribution in [0.3, 0.4) is 0 Å². The van der Waals surface area contributed by atoms with Gasteiger partial charge in [0.1, 0.15) is 17.4 Å². The van der Waals surface area contributed by atoms with Crippen LogP contribution in [-0.2, 0) is 18.4 Å². The van der Waals surface area contributed by atoms with E-state index < -0.39 is 0 Å². The van der Waals surface area contributed by atoms with Crippen molar-refractivity contribution in [1.82, 2.24) is 25.0 Å². The Morgan fingerprint density at radius 2 is 2.11 bits per heavy atom. The molecule has 0 saturated carbocycles. The topological polar surface area (TPSA) is 94.8 Å². The standard InChI is InChI=1S/C15H14Cl2N6O2S2/c1-8-19-21-14(27-8)18-13(24)7-26-15-22-20-12(23(15)2)6-25-11-5-9(16)3-4-10(11)17/h3-5H,6-7H2,1-2H3,(H,18,21,24). The van der Waals surface area contributed by atoms with Crippen LogP contribution in [0.25, 0.3) is 0 Å². The molecule has 0 aliphatic heterocycles. The van der Waals surface area contributed by atoms with Crippen LogP contribution in [0.4, 0.5) is 5.13 Å². The molecule has 0 unspecified atom stereocenters. The van der Waals surface area contributed by atoms with E-state index in [1.807, 2.05) is 6.92 Å². The minimum absolute atomic E-state index is 0.167. The van der Waals surface area contributed by atoms with Crippen molar-refractivity contribution < 1.29 is 9.53 Å². The number of nitrogens with one attached hydrogen (secondary N) is 1. The fourth-order valence-electron chi connectivity index (χ4n) is 1.96. The number of rotatable bonds is 7. The number of thioether (sulfide) groups is 1. The van der Waals surface area contributed by atoms with Crippen LogP contribution in [0, 0.1) is 6.92 Å². The van der Waals surface area contributed by atoms with Crippen molar-refractivity contribution in [2.24, 2.45) is 7.05 Å². The molecule has 1 aromatic carbocycles. The molecule has 0 radical (unpaired) electrons. The minimum atomic E-state index is -0.192. The fraction of sp³-hybridized carbons (Fsp3) is 0.267. The first-order valence-electron chi connectivity index (χ1n) is 7.61. The van der Waals surface area contributed by atoms with Crippen LogP contribution in [0.5, 0.6) is 5.75 Å². The fourth-order valence-corrected chi connectivity index (χ4v) is 3.63. The summed E-state index contributed by atoms with van der Waals surface area (Å²) in [4.78, 5) is 12.0. The molecule has 0 saturated heterocycles. The van der Waals surface area contributed by atoms with Crippen LogP contribution < -0.4 is 10.1 Å². The molecule has 12 heteroatoms. The summed E-state index contributed by atoms with van der Waals surface area (Å²) < 4.78 is 7.42. The third-order valence-corrected chi connectivity index (χ3v) is 5.60. The SMILES string of the molecule is Cc1nnc(NC(=O)CSc2nnc(COc3cc(Cl)ccc3Cl)n2C)s1. The molecule has 0 fully saturated rings. The highest BCUT2D eigenvalue weighted by molar-refractivity contribution is 7.99. The first-order valence-corrected chi connectivity index (χ1v) is 10.2. The number of hydrogen-bond acceptors (Lipinski definition) is 8. The van der Waals surface area contributed by atoms with Gasteiger partial charge in [0.05, 0.1) is 10.8 Å². The summed E-state index contributed by atoms with van der Waals surface area (Å²) in [6.45, 7) is 1.99. The average Bonchev–Trinajstić information content (AvgIpc) is 3.19. The van der Waals surface area contributed by atoms with Crippen molar-refractivity contribution in [3.05, 3.63) is 39.1 Å². The highest BCUT2D eigenvalue weighted by Crippen LogP contribution is 2.28. The van der Waals surface area contributed by atoms with Gasteiger partial charge in [-0.1, -0.05) is 46.3 Å². The lowest BCUT2D eigenvalue weighted by Gasteiger charge is -2.08. The van der Waals surface area contributed by atoms with Gasteiger partial charge in [0.25, 0.3) is 0 Å². The van der Waals surface area contributed by atoms with E-state index >= 15 is 0 Å². The number of carbonyl (C=O) groups is 1. The zero-order valence-electron chi connectivity index (χ0n) is 14.3. The number of ether oxygens (including phenoxy) is 1. The van der Waals surface area contributed by atoms with Gasteiger partial charge in [0, 0.05) is 18.1 Å². The highest BCUT2D eigenvalue weighted by Gasteiger charge is 2.14. The molecule has 0 aliphatic carbocycles. The lowest BCUT2D eigenvalue weighted by atomic mass is 10.3. The molecule has 27 heavy (non-hydrogen) atoms. The van der Waals surface area contributed by atoms with Crippen LogP contribution in [0.1, 0.15) is 10.8 Å². The Hall–Kier alpha value is -1.88. The Morgan fingerprint density at radius 3 is 2.85 bits per heavy atom. The summed E-state index contributed by atoms with van der Waals surface area (Å²) in [6, 6.07) is 4.98. The monoisotopic (exact) mass is 444 g/mol. The van der Waals surface area contributed by atoms with Crippen LogP contribution in [-0.4, -0.2) is 36.6 Å². The van der Waals surface area contributed by atoms with Crippen LogP contribution in [0.2, 0.25) is 10.0 Å². The quantitative estimate of drug-likeness (QED) is 0.556. The second kappa shape index (κ2) is 8.87. The third-order valence-electron chi connectivity index (χ3n) is 3.28. The molecule has 0 spiro atoms. The van der Waals surface area contributed by atoms with E-state index in [1.54, 1.807) is 29.8 Å². The van der Waals surface area contributed by atoms with E-state index in [0.29, 0.717) is 31.9 Å². The average molecular weight is 445 g/mol. The summed E-state index contributed by atoms with van der Waals surface area (Å²) in [5.41, 5.74) is 0. The van der Waals surface area contributed by atoms with Gasteiger partial charge >= 0.3 is 0 Å². The maximum atomic E-state index is 12.0. The molecule has 1 amide bonds. The second-order valence-corrected chi connectivity index (χ2v) is 8.25. The van der Waals surface area contributed by atoms with Crippen molar-refractivity contribution in [2.75, 3.05) is 11.1 Å².